The molecule has 0 amide bonds. The third-order valence-corrected chi connectivity index (χ3v) is 5.07. The van der Waals surface area contributed by atoms with Crippen molar-refractivity contribution in [1.82, 2.24) is 0 Å². The van der Waals surface area contributed by atoms with Gasteiger partial charge in [-0.25, -0.2) is 4.79 Å². The number of carbonyl (C=O) groups is 2. The Morgan fingerprint density at radius 1 is 1.05 bits per heavy atom. The molecule has 0 aliphatic rings. The molecule has 0 saturated carbocycles. The molecule has 6 heteroatoms. The maximum Gasteiger partial charge on any atom is 0.338 e. The van der Waals surface area contributed by atoms with Crippen LogP contribution in [0.25, 0.3) is 0 Å². The van der Waals surface area contributed by atoms with Crippen molar-refractivity contribution < 1.29 is 24.5 Å². The molecule has 0 saturated heterocycles. The Balaban J connectivity index is 2.68. The van der Waals surface area contributed by atoms with Crippen molar-refractivity contribution in [3.05, 3.63) is 35.4 Å². The van der Waals surface area contributed by atoms with E-state index in [4.69, 9.17) is 14.9 Å². The van der Waals surface area contributed by atoms with Gasteiger partial charge in [0.1, 0.15) is 11.5 Å². The maximum atomic E-state index is 12.2. The highest BCUT2D eigenvalue weighted by Crippen LogP contribution is 2.10. The number of ketones is 1. The SMILES string of the molecule is CC(C)OC(=O)c1ccc(C(=O)C[S+](CCO)CCO)cc1. The number of benzene rings is 1. The average molecular weight is 327 g/mol. The van der Waals surface area contributed by atoms with E-state index in [9.17, 15) is 9.59 Å². The Bertz CT molecular complexity index is 478. The van der Waals surface area contributed by atoms with Crippen LogP contribution in [0, 0.1) is 0 Å². The molecule has 2 N–H and O–H groups in total. The van der Waals surface area contributed by atoms with Gasteiger partial charge in [-0.05, 0) is 26.0 Å². The van der Waals surface area contributed by atoms with Crippen molar-refractivity contribution in [2.75, 3.05) is 30.5 Å². The number of hydrogen-bond acceptors (Lipinski definition) is 5. The molecule has 1 aromatic carbocycles. The predicted octanol–water partition coefficient (Wildman–Crippen LogP) is 1.04. The first-order valence-electron chi connectivity index (χ1n) is 7.18. The quantitative estimate of drug-likeness (QED) is 0.402. The molecule has 0 aromatic heterocycles. The fourth-order valence-corrected chi connectivity index (χ4v) is 3.39. The highest BCUT2D eigenvalue weighted by molar-refractivity contribution is 7.97. The highest BCUT2D eigenvalue weighted by Gasteiger charge is 2.22. The molecule has 0 unspecified atom stereocenters. The molecule has 0 bridgehead atoms. The van der Waals surface area contributed by atoms with Gasteiger partial charge >= 0.3 is 5.97 Å². The van der Waals surface area contributed by atoms with Crippen LogP contribution in [0.15, 0.2) is 24.3 Å². The summed E-state index contributed by atoms with van der Waals surface area (Å²) >= 11 is 0. The molecule has 0 spiro atoms. The molecule has 22 heavy (non-hydrogen) atoms. The molecule has 0 aliphatic carbocycles. The summed E-state index contributed by atoms with van der Waals surface area (Å²) in [6.07, 6.45) is -0.187. The number of esters is 1. The Labute approximate surface area is 133 Å². The molecular weight excluding hydrogens is 304 g/mol. The van der Waals surface area contributed by atoms with E-state index >= 15 is 0 Å². The minimum Gasteiger partial charge on any atom is -0.459 e. The van der Waals surface area contributed by atoms with Gasteiger partial charge in [0, 0.05) is 16.5 Å². The average Bonchev–Trinajstić information content (AvgIpc) is 2.47. The van der Waals surface area contributed by atoms with Crippen LogP contribution in [-0.4, -0.2) is 58.5 Å². The standard InChI is InChI=1S/C16H23O5S/c1-12(2)21-16(20)14-5-3-13(4-6-14)15(19)11-22(9-7-17)10-8-18/h3-6,12,17-18H,7-11H2,1-2H3/q+1. The first kappa shape index (κ1) is 18.7. The van der Waals surface area contributed by atoms with Gasteiger partial charge < -0.3 is 14.9 Å². The van der Waals surface area contributed by atoms with Crippen LogP contribution in [0.3, 0.4) is 0 Å². The zero-order valence-electron chi connectivity index (χ0n) is 12.9. The van der Waals surface area contributed by atoms with E-state index in [0.29, 0.717) is 28.4 Å². The summed E-state index contributed by atoms with van der Waals surface area (Å²) in [5, 5.41) is 18.0. The summed E-state index contributed by atoms with van der Waals surface area (Å²) in [5.41, 5.74) is 0.935. The molecular formula is C16H23O5S+. The second-order valence-electron chi connectivity index (χ2n) is 5.07. The van der Waals surface area contributed by atoms with Gasteiger partial charge in [0.15, 0.2) is 5.75 Å². The molecule has 122 valence electrons. The Morgan fingerprint density at radius 3 is 2.00 bits per heavy atom. The lowest BCUT2D eigenvalue weighted by Crippen LogP contribution is -2.25. The fourth-order valence-electron chi connectivity index (χ4n) is 1.85. The number of rotatable bonds is 9. The van der Waals surface area contributed by atoms with Crippen LogP contribution >= 0.6 is 0 Å². The molecule has 1 aromatic rings. The third kappa shape index (κ3) is 6.17. The van der Waals surface area contributed by atoms with Crippen molar-refractivity contribution in [1.29, 1.82) is 0 Å². The maximum absolute atomic E-state index is 12.2. The van der Waals surface area contributed by atoms with Gasteiger partial charge in [-0.2, -0.15) is 0 Å². The number of carbonyl (C=O) groups excluding carboxylic acids is 2. The summed E-state index contributed by atoms with van der Waals surface area (Å²) in [5.74, 6) is 0.885. The minimum absolute atomic E-state index is 0.0103. The summed E-state index contributed by atoms with van der Waals surface area (Å²) in [7, 11) is -0.318. The van der Waals surface area contributed by atoms with Gasteiger partial charge in [-0.15, -0.1) is 0 Å². The molecule has 0 aliphatic heterocycles. The van der Waals surface area contributed by atoms with Gasteiger partial charge in [-0.3, -0.25) is 4.79 Å². The number of aliphatic hydroxyl groups is 2. The van der Waals surface area contributed by atoms with Crippen LogP contribution < -0.4 is 0 Å². The zero-order valence-corrected chi connectivity index (χ0v) is 13.8. The Morgan fingerprint density at radius 2 is 1.55 bits per heavy atom. The highest BCUT2D eigenvalue weighted by atomic mass is 32.2. The Kier molecular flexibility index (Phi) is 8.16. The number of Topliss-reactive ketones (excluding diaryl/α,β-unsaturated/α-hetero) is 1. The molecule has 0 heterocycles. The van der Waals surface area contributed by atoms with E-state index in [-0.39, 0.29) is 36.0 Å². The normalized spacial score (nSPS) is 11.0. The van der Waals surface area contributed by atoms with Gasteiger partial charge in [-0.1, -0.05) is 12.1 Å². The summed E-state index contributed by atoms with van der Waals surface area (Å²) in [6.45, 7) is 3.57. The van der Waals surface area contributed by atoms with E-state index < -0.39 is 5.97 Å². The molecule has 0 fully saturated rings. The Hall–Kier alpha value is -1.37. The summed E-state index contributed by atoms with van der Waals surface area (Å²) in [4.78, 5) is 23.9. The molecule has 0 radical (unpaired) electrons. The van der Waals surface area contributed by atoms with Crippen molar-refractivity contribution >= 4 is 22.6 Å². The van der Waals surface area contributed by atoms with E-state index in [2.05, 4.69) is 0 Å². The van der Waals surface area contributed by atoms with Crippen LogP contribution in [0.4, 0.5) is 0 Å². The van der Waals surface area contributed by atoms with Gasteiger partial charge in [0.25, 0.3) is 0 Å². The van der Waals surface area contributed by atoms with Crippen molar-refractivity contribution in [2.45, 2.75) is 20.0 Å². The van der Waals surface area contributed by atoms with E-state index in [1.165, 1.54) is 0 Å². The lowest BCUT2D eigenvalue weighted by molar-refractivity contribution is 0.0377. The molecule has 1 rings (SSSR count). The van der Waals surface area contributed by atoms with E-state index in [1.807, 2.05) is 0 Å². The van der Waals surface area contributed by atoms with Crippen molar-refractivity contribution in [2.24, 2.45) is 0 Å². The first-order valence-corrected chi connectivity index (χ1v) is 8.91. The third-order valence-electron chi connectivity index (χ3n) is 2.88. The lowest BCUT2D eigenvalue weighted by atomic mass is 10.1. The number of aliphatic hydroxyl groups excluding tert-OH is 2. The number of ether oxygens (including phenoxy) is 1. The van der Waals surface area contributed by atoms with Crippen LogP contribution in [0.5, 0.6) is 0 Å². The van der Waals surface area contributed by atoms with Gasteiger partial charge in [0.05, 0.1) is 24.9 Å². The smallest absolute Gasteiger partial charge is 0.338 e. The lowest BCUT2D eigenvalue weighted by Gasteiger charge is -2.08. The second kappa shape index (κ2) is 9.61. The minimum atomic E-state index is -0.408. The fraction of sp³-hybridized carbons (Fsp3) is 0.500. The first-order chi connectivity index (χ1) is 10.5. The van der Waals surface area contributed by atoms with Crippen molar-refractivity contribution in [3.63, 3.8) is 0 Å². The van der Waals surface area contributed by atoms with Crippen LogP contribution in [-0.2, 0) is 15.6 Å². The monoisotopic (exact) mass is 327 g/mol. The summed E-state index contributed by atoms with van der Waals surface area (Å²) in [6, 6.07) is 6.37. The van der Waals surface area contributed by atoms with E-state index in [1.54, 1.807) is 38.1 Å². The van der Waals surface area contributed by atoms with E-state index in [0.717, 1.165) is 0 Å². The number of hydrogen-bond donors (Lipinski definition) is 2. The van der Waals surface area contributed by atoms with Crippen LogP contribution in [0.1, 0.15) is 34.6 Å². The largest absolute Gasteiger partial charge is 0.459 e. The summed E-state index contributed by atoms with van der Waals surface area (Å²) < 4.78 is 5.09. The predicted molar refractivity (Wildman–Crippen MR) is 87.5 cm³/mol. The second-order valence-corrected chi connectivity index (χ2v) is 7.40. The zero-order chi connectivity index (χ0) is 16.5. The van der Waals surface area contributed by atoms with Gasteiger partial charge in [0.2, 0.25) is 5.78 Å². The molecule has 5 nitrogen and oxygen atoms in total. The topological polar surface area (TPSA) is 83.8 Å². The van der Waals surface area contributed by atoms with Crippen molar-refractivity contribution in [3.8, 4) is 0 Å². The molecule has 0 atom stereocenters. The van der Waals surface area contributed by atoms with Crippen LogP contribution in [0.2, 0.25) is 0 Å².